The predicted molar refractivity (Wildman–Crippen MR) is 133 cm³/mol. The van der Waals surface area contributed by atoms with E-state index in [1.165, 1.54) is 12.1 Å². The Labute approximate surface area is 205 Å². The zero-order valence-electron chi connectivity index (χ0n) is 21.0. The molecule has 0 fully saturated rings. The number of fused-ring (bicyclic) bond motifs is 1. The van der Waals surface area contributed by atoms with Crippen molar-refractivity contribution in [1.82, 2.24) is 20.0 Å². The van der Waals surface area contributed by atoms with Crippen molar-refractivity contribution in [2.75, 3.05) is 5.32 Å². The number of alkyl carbamates (subject to hydrolysis) is 1. The smallest absolute Gasteiger partial charge is 0.407 e. The van der Waals surface area contributed by atoms with E-state index < -0.39 is 17.5 Å². The van der Waals surface area contributed by atoms with E-state index in [1.54, 1.807) is 42.6 Å². The van der Waals surface area contributed by atoms with Crippen molar-refractivity contribution in [3.8, 4) is 0 Å². The van der Waals surface area contributed by atoms with Gasteiger partial charge in [0, 0.05) is 30.3 Å². The fourth-order valence-corrected chi connectivity index (χ4v) is 3.66. The normalized spacial score (nSPS) is 15.9. The van der Waals surface area contributed by atoms with Crippen LogP contribution in [-0.4, -0.2) is 32.3 Å². The van der Waals surface area contributed by atoms with Crippen LogP contribution in [-0.2, 0) is 24.9 Å². The molecule has 0 bridgehead atoms. The summed E-state index contributed by atoms with van der Waals surface area (Å²) in [6.07, 6.45) is 4.74. The summed E-state index contributed by atoms with van der Waals surface area (Å²) >= 11 is 0. The molecule has 1 aromatic heterocycles. The number of aryl methyl sites for hydroxylation is 1. The summed E-state index contributed by atoms with van der Waals surface area (Å²) in [6.45, 7) is 13.1. The molecule has 0 radical (unpaired) electrons. The van der Waals surface area contributed by atoms with Crippen LogP contribution in [0.15, 0.2) is 60.1 Å². The number of nitrogens with one attached hydrogen (secondary N) is 2. The van der Waals surface area contributed by atoms with Crippen molar-refractivity contribution < 1.29 is 18.7 Å². The first-order chi connectivity index (χ1) is 16.4. The summed E-state index contributed by atoms with van der Waals surface area (Å²) in [7, 11) is 1.82. The van der Waals surface area contributed by atoms with Gasteiger partial charge in [0.15, 0.2) is 0 Å². The Morgan fingerprint density at radius 2 is 2.06 bits per heavy atom. The number of nitrogens with zero attached hydrogens (tertiary/aromatic N) is 3. The summed E-state index contributed by atoms with van der Waals surface area (Å²) in [6, 6.07) is 4.23. The quantitative estimate of drug-likeness (QED) is 0.641. The van der Waals surface area contributed by atoms with Crippen LogP contribution in [0.5, 0.6) is 0 Å². The third kappa shape index (κ3) is 6.17. The molecule has 8 nitrogen and oxygen atoms in total. The van der Waals surface area contributed by atoms with Gasteiger partial charge in [0.05, 0.1) is 24.1 Å². The van der Waals surface area contributed by atoms with Gasteiger partial charge in [0.25, 0.3) is 5.91 Å². The second-order valence-corrected chi connectivity index (χ2v) is 9.40. The largest absolute Gasteiger partial charge is 0.444 e. The van der Waals surface area contributed by atoms with E-state index in [4.69, 9.17) is 4.74 Å². The van der Waals surface area contributed by atoms with Crippen LogP contribution in [0.4, 0.5) is 15.0 Å². The van der Waals surface area contributed by atoms with E-state index in [0.29, 0.717) is 11.4 Å². The average Bonchev–Trinajstić information content (AvgIpc) is 3.01. The lowest BCUT2D eigenvalue weighted by atomic mass is 10.1. The number of hydrogen-bond acceptors (Lipinski definition) is 5. The molecule has 1 aromatic carbocycles. The maximum atomic E-state index is 14.9. The lowest BCUT2D eigenvalue weighted by molar-refractivity contribution is 0.0522. The molecule has 0 saturated carbocycles. The van der Waals surface area contributed by atoms with E-state index in [9.17, 15) is 14.0 Å². The molecule has 1 aliphatic rings. The third-order valence-electron chi connectivity index (χ3n) is 5.19. The number of halogens is 1. The fourth-order valence-electron chi connectivity index (χ4n) is 3.66. The molecule has 35 heavy (non-hydrogen) atoms. The molecule has 2 aromatic rings. The van der Waals surface area contributed by atoms with Gasteiger partial charge in [-0.15, -0.1) is 0 Å². The minimum absolute atomic E-state index is 0.0620. The first kappa shape index (κ1) is 25.7. The lowest BCUT2D eigenvalue weighted by Gasteiger charge is -2.25. The van der Waals surface area contributed by atoms with Gasteiger partial charge in [0.1, 0.15) is 17.2 Å². The standard InChI is InChI=1S/C26H32FN5O3/c1-8-22-21(11-16(2)3)30-23-19(14-29-31(23)7)15-32(22)24(33)17-9-10-18(20(27)12-17)13-28-25(34)35-26(4,5)6/h8-12,14,30H,2,13,15H2,1,3-7H3,(H,28,34)/b21-11+,22-8+. The second-order valence-electron chi connectivity index (χ2n) is 9.40. The zero-order chi connectivity index (χ0) is 25.9. The topological polar surface area (TPSA) is 88.5 Å². The van der Waals surface area contributed by atoms with Gasteiger partial charge < -0.3 is 20.3 Å². The summed E-state index contributed by atoms with van der Waals surface area (Å²) < 4.78 is 21.8. The molecule has 3 rings (SSSR count). The van der Waals surface area contributed by atoms with Gasteiger partial charge in [-0.05, 0) is 52.8 Å². The first-order valence-corrected chi connectivity index (χ1v) is 11.3. The number of carbonyl (C=O) groups excluding carboxylic acids is 2. The number of benzene rings is 1. The number of carbonyl (C=O) groups is 2. The third-order valence-corrected chi connectivity index (χ3v) is 5.19. The fraction of sp³-hybridized carbons (Fsp3) is 0.346. The molecule has 0 saturated heterocycles. The monoisotopic (exact) mass is 481 g/mol. The van der Waals surface area contributed by atoms with Gasteiger partial charge in [-0.3, -0.25) is 9.48 Å². The number of rotatable bonds is 4. The number of ether oxygens (including phenoxy) is 1. The van der Waals surface area contributed by atoms with Crippen LogP contribution in [0.3, 0.4) is 0 Å². The summed E-state index contributed by atoms with van der Waals surface area (Å²) in [5.41, 5.74) is 2.73. The number of amides is 2. The number of hydrogen-bond donors (Lipinski definition) is 2. The van der Waals surface area contributed by atoms with Crippen LogP contribution in [0.1, 0.15) is 56.1 Å². The van der Waals surface area contributed by atoms with Crippen LogP contribution in [0.25, 0.3) is 0 Å². The predicted octanol–water partition coefficient (Wildman–Crippen LogP) is 5.02. The van der Waals surface area contributed by atoms with Crippen molar-refractivity contribution in [3.05, 3.63) is 82.6 Å². The van der Waals surface area contributed by atoms with E-state index >= 15 is 0 Å². The van der Waals surface area contributed by atoms with Crippen molar-refractivity contribution >= 4 is 17.8 Å². The molecule has 1 aliphatic heterocycles. The van der Waals surface area contributed by atoms with E-state index in [2.05, 4.69) is 22.3 Å². The SMILES string of the molecule is C=C(C)/C=C1/Nc2c(cnn2C)CN(C(=O)c2ccc(CNC(=O)OC(C)(C)C)c(F)c2)/C1=C/C. The maximum Gasteiger partial charge on any atom is 0.407 e. The molecular weight excluding hydrogens is 449 g/mol. The molecule has 186 valence electrons. The Bertz CT molecular complexity index is 1220. The van der Waals surface area contributed by atoms with E-state index in [1.807, 2.05) is 33.0 Å². The first-order valence-electron chi connectivity index (χ1n) is 11.3. The summed E-state index contributed by atoms with van der Waals surface area (Å²) in [5.74, 6) is -0.196. The Morgan fingerprint density at radius 1 is 1.34 bits per heavy atom. The van der Waals surface area contributed by atoms with Gasteiger partial charge in [-0.25, -0.2) is 9.18 Å². The van der Waals surface area contributed by atoms with E-state index in [0.717, 1.165) is 17.0 Å². The molecule has 0 atom stereocenters. The Morgan fingerprint density at radius 3 is 2.66 bits per heavy atom. The highest BCUT2D eigenvalue weighted by atomic mass is 19.1. The van der Waals surface area contributed by atoms with Crippen molar-refractivity contribution in [2.24, 2.45) is 7.05 Å². The second kappa shape index (κ2) is 10.2. The lowest BCUT2D eigenvalue weighted by Crippen LogP contribution is -2.32. The Hall–Kier alpha value is -3.88. The molecular formula is C26H32FN5O3. The highest BCUT2D eigenvalue weighted by Crippen LogP contribution is 2.31. The maximum absolute atomic E-state index is 14.9. The summed E-state index contributed by atoms with van der Waals surface area (Å²) in [4.78, 5) is 27.1. The Kier molecular flexibility index (Phi) is 7.48. The molecule has 2 amide bonds. The van der Waals surface area contributed by atoms with Crippen LogP contribution in [0.2, 0.25) is 0 Å². The van der Waals surface area contributed by atoms with Crippen molar-refractivity contribution in [3.63, 3.8) is 0 Å². The molecule has 2 heterocycles. The highest BCUT2D eigenvalue weighted by Gasteiger charge is 2.29. The molecule has 0 unspecified atom stereocenters. The van der Waals surface area contributed by atoms with Crippen LogP contribution < -0.4 is 10.6 Å². The molecule has 2 N–H and O–H groups in total. The van der Waals surface area contributed by atoms with E-state index in [-0.39, 0.29) is 30.1 Å². The van der Waals surface area contributed by atoms with Gasteiger partial charge in [-0.2, -0.15) is 5.10 Å². The van der Waals surface area contributed by atoms with Gasteiger partial charge in [0.2, 0.25) is 0 Å². The zero-order valence-corrected chi connectivity index (χ0v) is 21.0. The number of aromatic nitrogens is 2. The van der Waals surface area contributed by atoms with Crippen molar-refractivity contribution in [1.29, 1.82) is 0 Å². The number of anilines is 1. The van der Waals surface area contributed by atoms with Gasteiger partial charge in [-0.1, -0.05) is 24.3 Å². The highest BCUT2D eigenvalue weighted by molar-refractivity contribution is 5.96. The Balaban J connectivity index is 1.88. The number of allylic oxidation sites excluding steroid dienone is 3. The molecule has 9 heteroatoms. The van der Waals surface area contributed by atoms with Crippen LogP contribution >= 0.6 is 0 Å². The van der Waals surface area contributed by atoms with Gasteiger partial charge >= 0.3 is 6.09 Å². The minimum atomic E-state index is -0.656. The van der Waals surface area contributed by atoms with Crippen LogP contribution in [0, 0.1) is 5.82 Å². The minimum Gasteiger partial charge on any atom is -0.444 e. The summed E-state index contributed by atoms with van der Waals surface area (Å²) in [5, 5.41) is 10.2. The molecule has 0 spiro atoms. The van der Waals surface area contributed by atoms with Crippen molar-refractivity contribution in [2.45, 2.75) is 53.3 Å². The average molecular weight is 482 g/mol. The molecule has 0 aliphatic carbocycles.